The van der Waals surface area contributed by atoms with Crippen molar-refractivity contribution in [2.75, 3.05) is 5.88 Å². The Morgan fingerprint density at radius 3 is 2.85 bits per heavy atom. The van der Waals surface area contributed by atoms with Crippen LogP contribution in [0.2, 0.25) is 0 Å². The molecule has 0 fully saturated rings. The second kappa shape index (κ2) is 3.23. The maximum Gasteiger partial charge on any atom is 0.245 e. The first kappa shape index (κ1) is 8.32. The summed E-state index contributed by atoms with van der Waals surface area (Å²) in [5, 5.41) is 1.06. The lowest BCUT2D eigenvalue weighted by atomic mass is 10.2. The summed E-state index contributed by atoms with van der Waals surface area (Å²) < 4.78 is 1.57. The average Bonchev–Trinajstić information content (AvgIpc) is 2.60. The molecule has 0 aliphatic rings. The van der Waals surface area contributed by atoms with Gasteiger partial charge in [-0.15, -0.1) is 11.6 Å². The fourth-order valence-corrected chi connectivity index (χ4v) is 1.49. The molecule has 0 saturated heterocycles. The van der Waals surface area contributed by atoms with Crippen molar-refractivity contribution >= 4 is 28.4 Å². The van der Waals surface area contributed by atoms with Crippen LogP contribution in [0.3, 0.4) is 0 Å². The maximum atomic E-state index is 11.3. The van der Waals surface area contributed by atoms with Crippen molar-refractivity contribution in [3.63, 3.8) is 0 Å². The number of hydrogen-bond acceptors (Lipinski definition) is 1. The number of benzene rings is 1. The third-order valence-corrected chi connectivity index (χ3v) is 2.21. The van der Waals surface area contributed by atoms with Gasteiger partial charge in [0.05, 0.1) is 5.52 Å². The number of carbonyl (C=O) groups is 1. The largest absolute Gasteiger partial charge is 0.286 e. The van der Waals surface area contributed by atoms with Gasteiger partial charge in [0, 0.05) is 11.6 Å². The van der Waals surface area contributed by atoms with E-state index in [0.717, 1.165) is 10.9 Å². The lowest BCUT2D eigenvalue weighted by molar-refractivity contribution is 0.0945. The van der Waals surface area contributed by atoms with Gasteiger partial charge < -0.3 is 0 Å². The monoisotopic (exact) mass is 193 g/mol. The summed E-state index contributed by atoms with van der Waals surface area (Å²) in [5.41, 5.74) is 0.910. The molecule has 0 unspecified atom stereocenters. The van der Waals surface area contributed by atoms with Gasteiger partial charge in [-0.1, -0.05) is 18.2 Å². The number of carbonyl (C=O) groups excluding carboxylic acids is 1. The predicted octanol–water partition coefficient (Wildman–Crippen LogP) is 2.52. The molecule has 1 heterocycles. The predicted molar refractivity (Wildman–Crippen MR) is 53.3 cm³/mol. The lowest BCUT2D eigenvalue weighted by Crippen LogP contribution is -2.09. The SMILES string of the molecule is O=C(CCl)n1ccc2ccccc21. The molecule has 0 radical (unpaired) electrons. The van der Waals surface area contributed by atoms with Crippen molar-refractivity contribution in [3.8, 4) is 0 Å². The zero-order valence-electron chi connectivity index (χ0n) is 6.90. The summed E-state index contributed by atoms with van der Waals surface area (Å²) in [4.78, 5) is 11.3. The van der Waals surface area contributed by atoms with Gasteiger partial charge in [-0.25, -0.2) is 0 Å². The second-order valence-electron chi connectivity index (χ2n) is 2.77. The van der Waals surface area contributed by atoms with Crippen LogP contribution in [0.4, 0.5) is 0 Å². The van der Waals surface area contributed by atoms with Crippen LogP contribution in [-0.2, 0) is 0 Å². The number of halogens is 1. The third-order valence-electron chi connectivity index (χ3n) is 1.98. The van der Waals surface area contributed by atoms with E-state index >= 15 is 0 Å². The molecule has 0 atom stereocenters. The normalized spacial score (nSPS) is 10.5. The molecule has 1 aromatic carbocycles. The highest BCUT2D eigenvalue weighted by Gasteiger charge is 2.05. The van der Waals surface area contributed by atoms with Crippen LogP contribution in [0.25, 0.3) is 10.9 Å². The van der Waals surface area contributed by atoms with Crippen molar-refractivity contribution in [2.45, 2.75) is 0 Å². The molecule has 0 aliphatic heterocycles. The van der Waals surface area contributed by atoms with Crippen LogP contribution in [0.1, 0.15) is 4.79 Å². The number of aromatic nitrogens is 1. The topological polar surface area (TPSA) is 22.0 Å². The Balaban J connectivity index is 2.64. The van der Waals surface area contributed by atoms with Gasteiger partial charge >= 0.3 is 0 Å². The molecule has 2 nitrogen and oxygen atoms in total. The highest BCUT2D eigenvalue weighted by molar-refractivity contribution is 6.28. The van der Waals surface area contributed by atoms with Gasteiger partial charge in [0.1, 0.15) is 5.88 Å². The summed E-state index contributed by atoms with van der Waals surface area (Å²) in [6.07, 6.45) is 1.75. The Labute approximate surface area is 80.7 Å². The summed E-state index contributed by atoms with van der Waals surface area (Å²) in [7, 11) is 0. The molecule has 13 heavy (non-hydrogen) atoms. The first-order valence-electron chi connectivity index (χ1n) is 3.98. The van der Waals surface area contributed by atoms with E-state index in [1.807, 2.05) is 30.3 Å². The average molecular weight is 194 g/mol. The first-order chi connectivity index (χ1) is 6.33. The number of hydrogen-bond donors (Lipinski definition) is 0. The summed E-state index contributed by atoms with van der Waals surface area (Å²) >= 11 is 5.47. The van der Waals surface area contributed by atoms with Crippen LogP contribution < -0.4 is 0 Å². The third kappa shape index (κ3) is 1.33. The molecule has 3 heteroatoms. The minimum absolute atomic E-state index is 0.0126. The molecule has 1 aromatic heterocycles. The summed E-state index contributed by atoms with van der Waals surface area (Å²) in [6.45, 7) is 0. The van der Waals surface area contributed by atoms with Gasteiger partial charge in [-0.3, -0.25) is 9.36 Å². The quantitative estimate of drug-likeness (QED) is 0.638. The van der Waals surface area contributed by atoms with Crippen LogP contribution in [0.15, 0.2) is 36.5 Å². The Morgan fingerprint density at radius 2 is 2.08 bits per heavy atom. The van der Waals surface area contributed by atoms with Gasteiger partial charge in [-0.05, 0) is 12.1 Å². The second-order valence-corrected chi connectivity index (χ2v) is 3.04. The number of rotatable bonds is 1. The van der Waals surface area contributed by atoms with Crippen molar-refractivity contribution in [1.29, 1.82) is 0 Å². The zero-order chi connectivity index (χ0) is 9.26. The van der Waals surface area contributed by atoms with Crippen LogP contribution in [-0.4, -0.2) is 16.4 Å². The van der Waals surface area contributed by atoms with Crippen LogP contribution in [0, 0.1) is 0 Å². The molecule has 0 spiro atoms. The van der Waals surface area contributed by atoms with E-state index < -0.39 is 0 Å². The number of para-hydroxylation sites is 1. The molecule has 0 aliphatic carbocycles. The van der Waals surface area contributed by atoms with Crippen LogP contribution >= 0.6 is 11.6 Å². The van der Waals surface area contributed by atoms with Crippen molar-refractivity contribution in [2.24, 2.45) is 0 Å². The molecule has 0 N–H and O–H groups in total. The Kier molecular flexibility index (Phi) is 2.07. The van der Waals surface area contributed by atoms with E-state index in [-0.39, 0.29) is 11.8 Å². The molecule has 0 bridgehead atoms. The summed E-state index contributed by atoms with van der Waals surface area (Å²) in [5.74, 6) is -0.0820. The van der Waals surface area contributed by atoms with E-state index in [2.05, 4.69) is 0 Å². The molecule has 2 aromatic rings. The minimum atomic E-state index is -0.0946. The van der Waals surface area contributed by atoms with E-state index in [1.54, 1.807) is 10.8 Å². The Bertz CT molecular complexity index is 447. The van der Waals surface area contributed by atoms with E-state index in [1.165, 1.54) is 0 Å². The van der Waals surface area contributed by atoms with Crippen molar-refractivity contribution in [1.82, 2.24) is 4.57 Å². The van der Waals surface area contributed by atoms with Gasteiger partial charge in [-0.2, -0.15) is 0 Å². The fourth-order valence-electron chi connectivity index (χ4n) is 1.36. The number of fused-ring (bicyclic) bond motifs is 1. The van der Waals surface area contributed by atoms with E-state index in [9.17, 15) is 4.79 Å². The smallest absolute Gasteiger partial charge is 0.245 e. The maximum absolute atomic E-state index is 11.3. The van der Waals surface area contributed by atoms with E-state index in [0.29, 0.717) is 0 Å². The molecule has 0 saturated carbocycles. The highest BCUT2D eigenvalue weighted by Crippen LogP contribution is 2.14. The Hall–Kier alpha value is -1.28. The van der Waals surface area contributed by atoms with Crippen LogP contribution in [0.5, 0.6) is 0 Å². The fraction of sp³-hybridized carbons (Fsp3) is 0.100. The molecular weight excluding hydrogens is 186 g/mol. The molecule has 66 valence electrons. The van der Waals surface area contributed by atoms with Crippen molar-refractivity contribution in [3.05, 3.63) is 36.5 Å². The standard InChI is InChI=1S/C10H8ClNO/c11-7-10(13)12-6-5-8-3-1-2-4-9(8)12/h1-6H,7H2. The molecular formula is C10H8ClNO. The molecule has 2 rings (SSSR count). The van der Waals surface area contributed by atoms with Crippen molar-refractivity contribution < 1.29 is 4.79 Å². The first-order valence-corrected chi connectivity index (χ1v) is 4.51. The molecule has 0 amide bonds. The number of alkyl halides is 1. The van der Waals surface area contributed by atoms with Gasteiger partial charge in [0.15, 0.2) is 0 Å². The highest BCUT2D eigenvalue weighted by atomic mass is 35.5. The summed E-state index contributed by atoms with van der Waals surface area (Å²) in [6, 6.07) is 9.62. The lowest BCUT2D eigenvalue weighted by Gasteiger charge is -1.99. The van der Waals surface area contributed by atoms with Gasteiger partial charge in [0.2, 0.25) is 5.91 Å². The Morgan fingerprint density at radius 1 is 1.31 bits per heavy atom. The van der Waals surface area contributed by atoms with E-state index in [4.69, 9.17) is 11.6 Å². The minimum Gasteiger partial charge on any atom is -0.286 e. The number of nitrogens with zero attached hydrogens (tertiary/aromatic N) is 1. The zero-order valence-corrected chi connectivity index (χ0v) is 7.66. The van der Waals surface area contributed by atoms with Gasteiger partial charge in [0.25, 0.3) is 0 Å².